The average molecular weight is 386 g/mol. The first-order valence-corrected chi connectivity index (χ1v) is 9.67. The van der Waals surface area contributed by atoms with Crippen molar-refractivity contribution in [2.45, 2.75) is 39.8 Å². The Morgan fingerprint density at radius 1 is 1.21 bits per heavy atom. The van der Waals surface area contributed by atoms with Crippen LogP contribution in [0.5, 0.6) is 0 Å². The smallest absolute Gasteiger partial charge is 0.267 e. The Kier molecular flexibility index (Phi) is 4.56. The zero-order chi connectivity index (χ0) is 20.0. The minimum absolute atomic E-state index is 0.262. The molecule has 0 fully saturated rings. The van der Waals surface area contributed by atoms with Crippen LogP contribution in [-0.4, -0.2) is 20.7 Å². The number of nitrogens with one attached hydrogen (secondary N) is 1. The zero-order valence-electron chi connectivity index (χ0n) is 16.4. The maximum atomic E-state index is 13.3. The van der Waals surface area contributed by atoms with Crippen LogP contribution in [0.3, 0.4) is 0 Å². The molecule has 1 aromatic carbocycles. The van der Waals surface area contributed by atoms with E-state index in [2.05, 4.69) is 18.8 Å². The molecule has 0 atom stereocenters. The number of benzene rings is 1. The van der Waals surface area contributed by atoms with Crippen molar-refractivity contribution < 1.29 is 8.96 Å². The highest BCUT2D eigenvalue weighted by atomic mass is 19.1. The number of fused-ring (bicyclic) bond motifs is 3. The van der Waals surface area contributed by atoms with Crippen molar-refractivity contribution in [3.05, 3.63) is 50.9 Å². The molecular formula is C20H25FN5O2+. The van der Waals surface area contributed by atoms with Gasteiger partial charge in [0.15, 0.2) is 0 Å². The molecule has 2 aromatic heterocycles. The third kappa shape index (κ3) is 2.93. The van der Waals surface area contributed by atoms with E-state index in [9.17, 15) is 14.0 Å². The van der Waals surface area contributed by atoms with Gasteiger partial charge < -0.3 is 0 Å². The first kappa shape index (κ1) is 18.5. The van der Waals surface area contributed by atoms with Gasteiger partial charge in [0.05, 0.1) is 13.1 Å². The first-order valence-electron chi connectivity index (χ1n) is 9.67. The SMILES string of the molecule is CC(C)CCn1c(=O)c2c([nH]c3[n+]2CCCN3c2ccc(F)cc2)n(C)c1=O. The first-order chi connectivity index (χ1) is 13.4. The lowest BCUT2D eigenvalue weighted by Gasteiger charge is -2.22. The van der Waals surface area contributed by atoms with Crippen LogP contribution in [0.15, 0.2) is 33.9 Å². The molecule has 1 N–H and O–H groups in total. The third-order valence-corrected chi connectivity index (χ3v) is 5.37. The number of aryl methyl sites for hydroxylation is 2. The van der Waals surface area contributed by atoms with Gasteiger partial charge >= 0.3 is 11.6 Å². The summed E-state index contributed by atoms with van der Waals surface area (Å²) < 4.78 is 18.1. The van der Waals surface area contributed by atoms with E-state index in [1.54, 1.807) is 19.2 Å². The van der Waals surface area contributed by atoms with Gasteiger partial charge in [0.25, 0.3) is 5.56 Å². The number of halogens is 1. The summed E-state index contributed by atoms with van der Waals surface area (Å²) >= 11 is 0. The Hall–Kier alpha value is -2.90. The van der Waals surface area contributed by atoms with Crippen LogP contribution < -0.4 is 20.7 Å². The van der Waals surface area contributed by atoms with Crippen LogP contribution in [0.2, 0.25) is 0 Å². The quantitative estimate of drug-likeness (QED) is 0.698. The van der Waals surface area contributed by atoms with Gasteiger partial charge in [0.1, 0.15) is 11.5 Å². The van der Waals surface area contributed by atoms with E-state index in [-0.39, 0.29) is 17.1 Å². The van der Waals surface area contributed by atoms with Crippen molar-refractivity contribution in [3.63, 3.8) is 0 Å². The van der Waals surface area contributed by atoms with Gasteiger partial charge in [-0.15, -0.1) is 0 Å². The summed E-state index contributed by atoms with van der Waals surface area (Å²) in [5, 5.41) is 0. The highest BCUT2D eigenvalue weighted by Gasteiger charge is 2.33. The van der Waals surface area contributed by atoms with Gasteiger partial charge in [-0.25, -0.2) is 23.6 Å². The van der Waals surface area contributed by atoms with Gasteiger partial charge in [-0.2, -0.15) is 0 Å². The Balaban J connectivity index is 1.91. The van der Waals surface area contributed by atoms with Gasteiger partial charge in [0, 0.05) is 20.0 Å². The maximum absolute atomic E-state index is 13.3. The predicted octanol–water partition coefficient (Wildman–Crippen LogP) is 2.04. The van der Waals surface area contributed by atoms with Crippen molar-refractivity contribution in [3.8, 4) is 0 Å². The average Bonchev–Trinajstić information content (AvgIpc) is 3.06. The zero-order valence-corrected chi connectivity index (χ0v) is 16.4. The van der Waals surface area contributed by atoms with Crippen LogP contribution >= 0.6 is 0 Å². The number of rotatable bonds is 4. The van der Waals surface area contributed by atoms with E-state index in [1.807, 2.05) is 9.47 Å². The molecule has 3 heterocycles. The molecule has 28 heavy (non-hydrogen) atoms. The van der Waals surface area contributed by atoms with Gasteiger partial charge in [-0.1, -0.05) is 13.8 Å². The second-order valence-electron chi connectivity index (χ2n) is 7.76. The predicted molar refractivity (Wildman–Crippen MR) is 105 cm³/mol. The molecule has 0 radical (unpaired) electrons. The molecule has 0 saturated heterocycles. The lowest BCUT2D eigenvalue weighted by molar-refractivity contribution is -0.663. The van der Waals surface area contributed by atoms with Crippen LogP contribution in [0, 0.1) is 11.7 Å². The highest BCUT2D eigenvalue weighted by molar-refractivity contribution is 5.70. The van der Waals surface area contributed by atoms with E-state index < -0.39 is 0 Å². The van der Waals surface area contributed by atoms with Crippen molar-refractivity contribution in [2.24, 2.45) is 13.0 Å². The number of nitrogens with zero attached hydrogens (tertiary/aromatic N) is 4. The topological polar surface area (TPSA) is 66.9 Å². The van der Waals surface area contributed by atoms with Gasteiger partial charge in [0.2, 0.25) is 11.2 Å². The molecule has 0 saturated carbocycles. The number of imidazole rings is 1. The molecule has 148 valence electrons. The lowest BCUT2D eigenvalue weighted by atomic mass is 10.1. The Morgan fingerprint density at radius 3 is 2.61 bits per heavy atom. The van der Waals surface area contributed by atoms with Crippen molar-refractivity contribution in [2.75, 3.05) is 11.4 Å². The van der Waals surface area contributed by atoms with Crippen LogP contribution in [0.4, 0.5) is 16.0 Å². The van der Waals surface area contributed by atoms with Crippen LogP contribution in [0.1, 0.15) is 26.7 Å². The van der Waals surface area contributed by atoms with Crippen LogP contribution in [0.25, 0.3) is 11.2 Å². The van der Waals surface area contributed by atoms with Crippen molar-refractivity contribution >= 4 is 22.8 Å². The van der Waals surface area contributed by atoms with Crippen molar-refractivity contribution in [1.82, 2.24) is 14.1 Å². The number of hydrogen-bond acceptors (Lipinski definition) is 3. The summed E-state index contributed by atoms with van der Waals surface area (Å²) in [5.74, 6) is 0.844. The number of aromatic nitrogens is 4. The third-order valence-electron chi connectivity index (χ3n) is 5.37. The minimum Gasteiger partial charge on any atom is -0.267 e. The Bertz CT molecular complexity index is 1140. The second-order valence-corrected chi connectivity index (χ2v) is 7.76. The molecule has 1 aliphatic heterocycles. The molecule has 0 unspecified atom stereocenters. The minimum atomic E-state index is -0.314. The summed E-state index contributed by atoms with van der Waals surface area (Å²) in [6.45, 7) is 5.98. The number of H-pyrrole nitrogens is 1. The normalized spacial score (nSPS) is 14.1. The van der Waals surface area contributed by atoms with E-state index in [4.69, 9.17) is 0 Å². The molecule has 8 heteroatoms. The number of aromatic amines is 1. The fourth-order valence-corrected chi connectivity index (χ4v) is 3.80. The molecule has 0 aliphatic carbocycles. The largest absolute Gasteiger partial charge is 0.364 e. The molecule has 3 aromatic rings. The molecule has 4 rings (SSSR count). The van der Waals surface area contributed by atoms with Gasteiger partial charge in [-0.3, -0.25) is 13.9 Å². The summed E-state index contributed by atoms with van der Waals surface area (Å²) in [4.78, 5) is 31.2. The van der Waals surface area contributed by atoms with E-state index in [1.165, 1.54) is 21.3 Å². The summed E-state index contributed by atoms with van der Waals surface area (Å²) in [6, 6.07) is 6.28. The Morgan fingerprint density at radius 2 is 1.93 bits per heavy atom. The fraction of sp³-hybridized carbons (Fsp3) is 0.450. The van der Waals surface area contributed by atoms with Crippen molar-refractivity contribution in [1.29, 1.82) is 0 Å². The van der Waals surface area contributed by atoms with E-state index in [0.717, 1.165) is 31.0 Å². The summed E-state index contributed by atoms with van der Waals surface area (Å²) in [7, 11) is 1.68. The molecule has 0 amide bonds. The molecule has 1 aliphatic rings. The molecule has 7 nitrogen and oxygen atoms in total. The number of anilines is 2. The second kappa shape index (κ2) is 6.92. The monoisotopic (exact) mass is 386 g/mol. The standard InChI is InChI=1S/C20H24FN5O2/c1-13(2)9-12-26-18(27)16-17(23(3)20(26)28)22-19-24(10-4-11-25(16)19)15-7-5-14(21)6-8-15/h5-8,13H,4,9-12H2,1-3H3/p+1. The molecule has 0 bridgehead atoms. The fourth-order valence-electron chi connectivity index (χ4n) is 3.80. The number of hydrogen-bond donors (Lipinski definition) is 1. The van der Waals surface area contributed by atoms with E-state index >= 15 is 0 Å². The molecular weight excluding hydrogens is 361 g/mol. The van der Waals surface area contributed by atoms with E-state index in [0.29, 0.717) is 30.2 Å². The van der Waals surface area contributed by atoms with Crippen LogP contribution in [-0.2, 0) is 20.1 Å². The Labute approximate surface area is 161 Å². The maximum Gasteiger partial charge on any atom is 0.364 e. The molecule has 0 spiro atoms. The highest BCUT2D eigenvalue weighted by Crippen LogP contribution is 2.26. The summed E-state index contributed by atoms with van der Waals surface area (Å²) in [6.07, 6.45) is 1.61. The summed E-state index contributed by atoms with van der Waals surface area (Å²) in [5.41, 5.74) is 1.28. The van der Waals surface area contributed by atoms with Gasteiger partial charge in [-0.05, 0) is 36.6 Å². The lowest BCUT2D eigenvalue weighted by Crippen LogP contribution is -2.49.